The van der Waals surface area contributed by atoms with Crippen LogP contribution in [-0.4, -0.2) is 77.5 Å². The number of benzene rings is 1. The standard InChI is InChI=1S/C36H39N8O3.Li/c1-4-30(13-15-38-22-37)47-32-12-8-27(18-24(32)2)41-35-34-31(39-23-40-35)19-33-36(42-34)44-17-14-25(26(20-44)21-46-33)7-10-29(45)11-9-28-6-5-16-43(28)3;/h1,4,8-9,11-13,18-19,22-23,25-26,28H,5-7,10,14,16-17,20-21H2,2-3H3,(H,39,40,41);/q-3;+1/b11-9+,30-13+;. The van der Waals surface area contributed by atoms with Gasteiger partial charge in [0, 0.05) is 49.0 Å². The van der Waals surface area contributed by atoms with E-state index in [4.69, 9.17) is 26.4 Å². The number of likely N-dealkylation sites (tertiary alicyclic amines) is 1. The van der Waals surface area contributed by atoms with Crippen molar-refractivity contribution in [3.05, 3.63) is 78.2 Å². The van der Waals surface area contributed by atoms with Crippen LogP contribution >= 0.6 is 0 Å². The number of carbonyl (C=O) groups excluding carboxylic acids is 1. The number of nitrogens with one attached hydrogen (secondary N) is 1. The molecular formula is C36H39LiN8O3-2. The number of hydrogen-bond acceptors (Lipinski definition) is 9. The Hall–Kier alpha value is -4.30. The molecule has 2 fully saturated rings. The number of anilines is 3. The predicted octanol–water partition coefficient (Wildman–Crippen LogP) is 2.71. The molecule has 3 atom stereocenters. The van der Waals surface area contributed by atoms with Crippen LogP contribution in [0.1, 0.15) is 37.7 Å². The van der Waals surface area contributed by atoms with Crippen LogP contribution in [0.25, 0.3) is 16.4 Å². The van der Waals surface area contributed by atoms with Gasteiger partial charge in [0.25, 0.3) is 0 Å². The number of aryl methyl sites for hydroxylation is 1. The minimum atomic E-state index is 0. The quantitative estimate of drug-likeness (QED) is 0.0606. The molecule has 2 aromatic heterocycles. The monoisotopic (exact) mass is 638 g/mol. The van der Waals surface area contributed by atoms with Gasteiger partial charge < -0.3 is 30.1 Å². The number of carbonyl (C=O) groups is 1. The fourth-order valence-electron chi connectivity index (χ4n) is 6.58. The average molecular weight is 639 g/mol. The largest absolute Gasteiger partial charge is 1.00 e. The van der Waals surface area contributed by atoms with Crippen LogP contribution in [-0.2, 0) is 4.79 Å². The molecule has 6 rings (SSSR count). The van der Waals surface area contributed by atoms with Crippen molar-refractivity contribution in [1.82, 2.24) is 19.9 Å². The van der Waals surface area contributed by atoms with Gasteiger partial charge in [-0.1, -0.05) is 6.08 Å². The second kappa shape index (κ2) is 16.2. The van der Waals surface area contributed by atoms with Gasteiger partial charge in [0.15, 0.2) is 23.2 Å². The molecule has 1 aromatic carbocycles. The molecule has 0 saturated carbocycles. The number of aliphatic imine (C=N–C) groups is 1. The Morgan fingerprint density at radius 3 is 2.92 bits per heavy atom. The predicted molar refractivity (Wildman–Crippen MR) is 185 cm³/mol. The summed E-state index contributed by atoms with van der Waals surface area (Å²) in [7, 11) is 2.12. The topological polar surface area (TPSA) is 127 Å². The number of allylic oxidation sites excluding steroid dienone is 3. The van der Waals surface area contributed by atoms with Gasteiger partial charge in [-0.15, -0.1) is 6.08 Å². The Labute approximate surface area is 293 Å². The second-order valence-corrected chi connectivity index (χ2v) is 12.3. The maximum atomic E-state index is 12.7. The van der Waals surface area contributed by atoms with Crippen molar-refractivity contribution in [2.24, 2.45) is 16.8 Å². The van der Waals surface area contributed by atoms with E-state index >= 15 is 0 Å². The molecule has 3 aliphatic heterocycles. The van der Waals surface area contributed by atoms with Gasteiger partial charge in [0.1, 0.15) is 17.6 Å². The molecule has 5 heterocycles. The molecule has 48 heavy (non-hydrogen) atoms. The zero-order valence-corrected chi connectivity index (χ0v) is 27.8. The maximum absolute atomic E-state index is 12.7. The zero-order valence-electron chi connectivity index (χ0n) is 27.8. The van der Waals surface area contributed by atoms with Crippen molar-refractivity contribution in [2.75, 3.05) is 43.5 Å². The Balaban J connectivity index is 0.00000451. The van der Waals surface area contributed by atoms with Crippen LogP contribution in [0.5, 0.6) is 11.5 Å². The molecule has 3 unspecified atom stereocenters. The second-order valence-electron chi connectivity index (χ2n) is 12.3. The molecule has 0 aliphatic carbocycles. The molecule has 12 heteroatoms. The molecule has 244 valence electrons. The molecule has 0 spiro atoms. The Bertz CT molecular complexity index is 1740. The van der Waals surface area contributed by atoms with Crippen LogP contribution in [0.15, 0.2) is 65.6 Å². The fraction of sp³-hybridized carbons (Fsp3) is 0.389. The first-order chi connectivity index (χ1) is 22.9. The fourth-order valence-corrected chi connectivity index (χ4v) is 6.58. The van der Waals surface area contributed by atoms with Gasteiger partial charge in [-0.05, 0) is 82.0 Å². The zero-order chi connectivity index (χ0) is 32.8. The molecule has 11 nitrogen and oxygen atoms in total. The Morgan fingerprint density at radius 1 is 1.27 bits per heavy atom. The number of pyridine rings is 1. The van der Waals surface area contributed by atoms with Gasteiger partial charge in [-0.3, -0.25) is 16.3 Å². The SMILES string of the molecule is [CH-]=C/C(=C\[C-]=NC=[N-])Oc1ccc(Nc2ncnc3cc4c(nc23)N2CCC(CCC(=O)/C=C/C3CCCN3C)C(CO4)C2)cc1C.[Li+]. The van der Waals surface area contributed by atoms with E-state index in [-0.39, 0.29) is 24.6 Å². The van der Waals surface area contributed by atoms with E-state index in [1.54, 1.807) is 6.08 Å². The molecule has 2 saturated heterocycles. The number of aromatic nitrogens is 3. The van der Waals surface area contributed by atoms with Crippen LogP contribution in [0.2, 0.25) is 0 Å². The van der Waals surface area contributed by atoms with Crippen molar-refractivity contribution in [3.63, 3.8) is 0 Å². The third kappa shape index (κ3) is 8.21. The van der Waals surface area contributed by atoms with E-state index in [1.807, 2.05) is 31.2 Å². The van der Waals surface area contributed by atoms with Crippen molar-refractivity contribution < 1.29 is 33.1 Å². The Morgan fingerprint density at radius 2 is 2.15 bits per heavy atom. The number of ether oxygens (including phenoxy) is 2. The van der Waals surface area contributed by atoms with Gasteiger partial charge >= 0.3 is 18.9 Å². The number of fused-ring (bicyclic) bond motifs is 5. The van der Waals surface area contributed by atoms with E-state index < -0.39 is 0 Å². The van der Waals surface area contributed by atoms with E-state index in [0.717, 1.165) is 61.7 Å². The first kappa shape index (κ1) is 35.0. The number of ketones is 1. The van der Waals surface area contributed by atoms with Gasteiger partial charge in [0.05, 0.1) is 12.1 Å². The molecule has 1 N–H and O–H groups in total. The molecular weight excluding hydrogens is 599 g/mol. The van der Waals surface area contributed by atoms with Crippen LogP contribution in [0.4, 0.5) is 17.3 Å². The smallest absolute Gasteiger partial charge is 0.577 e. The number of likely N-dealkylation sites (N-methyl/N-ethyl adjacent to an activating group) is 1. The van der Waals surface area contributed by atoms with E-state index in [9.17, 15) is 4.79 Å². The first-order valence-corrected chi connectivity index (χ1v) is 16.1. The van der Waals surface area contributed by atoms with E-state index in [0.29, 0.717) is 65.6 Å². The van der Waals surface area contributed by atoms with Crippen molar-refractivity contribution in [3.8, 4) is 11.5 Å². The molecule has 3 aliphatic rings. The minimum absolute atomic E-state index is 0. The number of nitrogens with zero attached hydrogens (tertiary/aromatic N) is 7. The number of hydrogen-bond donors (Lipinski definition) is 1. The minimum Gasteiger partial charge on any atom is -0.577 e. The number of rotatable bonds is 12. The van der Waals surface area contributed by atoms with Gasteiger partial charge in [0.2, 0.25) is 0 Å². The summed E-state index contributed by atoms with van der Waals surface area (Å²) in [6.45, 7) is 10.9. The molecule has 0 radical (unpaired) electrons. The summed E-state index contributed by atoms with van der Waals surface area (Å²) in [5, 5.41) is 12.1. The summed E-state index contributed by atoms with van der Waals surface area (Å²) in [4.78, 5) is 34.9. The molecule has 0 amide bonds. The van der Waals surface area contributed by atoms with Gasteiger partial charge in [-0.2, -0.15) is 6.08 Å². The normalized spacial score (nSPS) is 21.0. The van der Waals surface area contributed by atoms with Crippen molar-refractivity contribution in [1.29, 1.82) is 0 Å². The summed E-state index contributed by atoms with van der Waals surface area (Å²) in [5.41, 5.74) is 2.99. The summed E-state index contributed by atoms with van der Waals surface area (Å²) < 4.78 is 12.2. The summed E-state index contributed by atoms with van der Waals surface area (Å²) in [6.07, 6.45) is 16.0. The summed E-state index contributed by atoms with van der Waals surface area (Å²) in [5.74, 6) is 3.99. The van der Waals surface area contributed by atoms with Gasteiger partial charge in [-0.25, -0.2) is 27.5 Å². The molecule has 3 aromatic rings. The van der Waals surface area contributed by atoms with E-state index in [2.05, 4.69) is 49.4 Å². The third-order valence-corrected chi connectivity index (χ3v) is 9.21. The molecule has 2 bridgehead atoms. The third-order valence-electron chi connectivity index (χ3n) is 9.21. The summed E-state index contributed by atoms with van der Waals surface area (Å²) in [6, 6.07) is 7.97. The number of piperidine rings is 1. The van der Waals surface area contributed by atoms with Crippen molar-refractivity contribution in [2.45, 2.75) is 45.1 Å². The van der Waals surface area contributed by atoms with Crippen LogP contribution in [0, 0.1) is 25.3 Å². The van der Waals surface area contributed by atoms with Crippen LogP contribution < -0.4 is 38.6 Å². The Kier molecular flexibility index (Phi) is 11.8. The van der Waals surface area contributed by atoms with Crippen molar-refractivity contribution >= 4 is 46.7 Å². The van der Waals surface area contributed by atoms with Crippen LogP contribution in [0.3, 0.4) is 0 Å². The average Bonchev–Trinajstić information content (AvgIpc) is 3.44. The van der Waals surface area contributed by atoms with E-state index in [1.165, 1.54) is 24.9 Å². The maximum Gasteiger partial charge on any atom is 1.00 e. The summed E-state index contributed by atoms with van der Waals surface area (Å²) >= 11 is 0. The first-order valence-electron chi connectivity index (χ1n) is 16.1.